The van der Waals surface area contributed by atoms with Gasteiger partial charge in [0, 0.05) is 24.9 Å². The van der Waals surface area contributed by atoms with E-state index in [1.54, 1.807) is 0 Å². The fourth-order valence-electron chi connectivity index (χ4n) is 3.79. The number of hydrogen-bond acceptors (Lipinski definition) is 4. The molecule has 0 amide bonds. The number of ether oxygens (including phenoxy) is 1. The second kappa shape index (κ2) is 5.92. The molecule has 0 aromatic heterocycles. The number of aliphatic hydroxyl groups is 1. The van der Waals surface area contributed by atoms with Crippen LogP contribution in [0.5, 0.6) is 0 Å². The van der Waals surface area contributed by atoms with Gasteiger partial charge in [0.2, 0.25) is 0 Å². The fourth-order valence-corrected chi connectivity index (χ4v) is 5.16. The molecule has 4 heteroatoms. The minimum atomic E-state index is -0.436. The van der Waals surface area contributed by atoms with Crippen LogP contribution in [-0.2, 0) is 4.74 Å². The SMILES string of the molecule is OC1(CNC2CCOC3(CCSC3)C2)CCCCC1. The smallest absolute Gasteiger partial charge is 0.0795 e. The summed E-state index contributed by atoms with van der Waals surface area (Å²) in [5, 5.41) is 14.2. The van der Waals surface area contributed by atoms with Gasteiger partial charge in [0.25, 0.3) is 0 Å². The van der Waals surface area contributed by atoms with E-state index in [2.05, 4.69) is 5.32 Å². The summed E-state index contributed by atoms with van der Waals surface area (Å²) < 4.78 is 6.05. The topological polar surface area (TPSA) is 41.5 Å². The summed E-state index contributed by atoms with van der Waals surface area (Å²) in [6.07, 6.45) is 9.06. The van der Waals surface area contributed by atoms with E-state index in [9.17, 15) is 5.11 Å². The van der Waals surface area contributed by atoms with Crippen LogP contribution in [-0.4, -0.2) is 47.0 Å². The van der Waals surface area contributed by atoms with Gasteiger partial charge in [-0.25, -0.2) is 0 Å². The van der Waals surface area contributed by atoms with Crippen LogP contribution in [0.1, 0.15) is 51.4 Å². The summed E-state index contributed by atoms with van der Waals surface area (Å²) in [5.41, 5.74) is -0.288. The van der Waals surface area contributed by atoms with Crippen LogP contribution >= 0.6 is 11.8 Å². The van der Waals surface area contributed by atoms with Crippen LogP contribution < -0.4 is 5.32 Å². The van der Waals surface area contributed by atoms with Crippen molar-refractivity contribution >= 4 is 11.8 Å². The predicted octanol–water partition coefficient (Wildman–Crippen LogP) is 2.33. The molecule has 3 nitrogen and oxygen atoms in total. The Morgan fingerprint density at radius 2 is 2.05 bits per heavy atom. The predicted molar refractivity (Wildman–Crippen MR) is 79.7 cm³/mol. The summed E-state index contributed by atoms with van der Waals surface area (Å²) in [5.74, 6) is 2.41. The second-order valence-electron chi connectivity index (χ2n) is 6.69. The molecule has 2 atom stereocenters. The van der Waals surface area contributed by atoms with E-state index in [1.165, 1.54) is 31.4 Å². The largest absolute Gasteiger partial charge is 0.389 e. The maximum atomic E-state index is 10.6. The van der Waals surface area contributed by atoms with Gasteiger partial charge < -0.3 is 15.2 Å². The summed E-state index contributed by atoms with van der Waals surface area (Å²) in [6.45, 7) is 1.66. The Balaban J connectivity index is 1.49. The summed E-state index contributed by atoms with van der Waals surface area (Å²) in [6, 6.07) is 0.540. The normalized spacial score (nSPS) is 38.7. The first kappa shape index (κ1) is 14.2. The van der Waals surface area contributed by atoms with Gasteiger partial charge in [0.15, 0.2) is 0 Å². The molecule has 0 bridgehead atoms. The Morgan fingerprint density at radius 3 is 2.79 bits per heavy atom. The zero-order valence-corrected chi connectivity index (χ0v) is 12.6. The van der Waals surface area contributed by atoms with Crippen molar-refractivity contribution in [3.63, 3.8) is 0 Å². The zero-order valence-electron chi connectivity index (χ0n) is 11.8. The molecule has 110 valence electrons. The third-order valence-corrected chi connectivity index (χ3v) is 6.29. The lowest BCUT2D eigenvalue weighted by Gasteiger charge is -2.40. The molecule has 2 unspecified atom stereocenters. The van der Waals surface area contributed by atoms with Crippen molar-refractivity contribution < 1.29 is 9.84 Å². The molecule has 3 rings (SSSR count). The molecule has 0 radical (unpaired) electrons. The lowest BCUT2D eigenvalue weighted by atomic mass is 9.84. The number of thioether (sulfide) groups is 1. The zero-order chi connectivity index (χ0) is 13.2. The van der Waals surface area contributed by atoms with Gasteiger partial charge >= 0.3 is 0 Å². The minimum Gasteiger partial charge on any atom is -0.389 e. The van der Waals surface area contributed by atoms with E-state index in [0.29, 0.717) is 6.04 Å². The van der Waals surface area contributed by atoms with Crippen LogP contribution in [0.15, 0.2) is 0 Å². The van der Waals surface area contributed by atoms with E-state index in [1.807, 2.05) is 11.8 Å². The Kier molecular flexibility index (Phi) is 4.42. The van der Waals surface area contributed by atoms with Crippen molar-refractivity contribution in [2.45, 2.75) is 68.6 Å². The van der Waals surface area contributed by atoms with Gasteiger partial charge in [-0.05, 0) is 37.9 Å². The molecule has 1 aliphatic carbocycles. The molecule has 1 spiro atoms. The summed E-state index contributed by atoms with van der Waals surface area (Å²) in [4.78, 5) is 0. The molecule has 0 aromatic carbocycles. The molecular weight excluding hydrogens is 258 g/mol. The van der Waals surface area contributed by atoms with Gasteiger partial charge in [-0.3, -0.25) is 0 Å². The Morgan fingerprint density at radius 1 is 1.21 bits per heavy atom. The number of rotatable bonds is 3. The Labute approximate surface area is 120 Å². The van der Waals surface area contributed by atoms with Gasteiger partial charge in [0.05, 0.1) is 11.2 Å². The van der Waals surface area contributed by atoms with Crippen molar-refractivity contribution in [1.29, 1.82) is 0 Å². The van der Waals surface area contributed by atoms with Gasteiger partial charge in [-0.2, -0.15) is 11.8 Å². The van der Waals surface area contributed by atoms with Crippen LogP contribution in [0.2, 0.25) is 0 Å². The molecule has 2 heterocycles. The van der Waals surface area contributed by atoms with E-state index in [4.69, 9.17) is 4.74 Å². The molecule has 2 N–H and O–H groups in total. The fraction of sp³-hybridized carbons (Fsp3) is 1.00. The highest BCUT2D eigenvalue weighted by Crippen LogP contribution is 2.38. The van der Waals surface area contributed by atoms with Gasteiger partial charge in [-0.1, -0.05) is 19.3 Å². The first-order valence-corrected chi connectivity index (χ1v) is 9.03. The molecule has 2 aliphatic heterocycles. The molecule has 1 saturated carbocycles. The molecule has 0 aromatic rings. The van der Waals surface area contributed by atoms with E-state index in [0.717, 1.165) is 44.6 Å². The molecule has 2 saturated heterocycles. The van der Waals surface area contributed by atoms with E-state index < -0.39 is 5.60 Å². The molecular formula is C15H27NO2S. The highest BCUT2D eigenvalue weighted by Gasteiger charge is 2.41. The minimum absolute atomic E-state index is 0.149. The maximum Gasteiger partial charge on any atom is 0.0795 e. The van der Waals surface area contributed by atoms with Crippen LogP contribution in [0.4, 0.5) is 0 Å². The quantitative estimate of drug-likeness (QED) is 0.835. The monoisotopic (exact) mass is 285 g/mol. The lowest BCUT2D eigenvalue weighted by Crippen LogP contribution is -2.51. The lowest BCUT2D eigenvalue weighted by molar-refractivity contribution is -0.0745. The second-order valence-corrected chi connectivity index (χ2v) is 7.79. The van der Waals surface area contributed by atoms with E-state index in [-0.39, 0.29) is 5.60 Å². The summed E-state index contributed by atoms with van der Waals surface area (Å²) >= 11 is 2.02. The summed E-state index contributed by atoms with van der Waals surface area (Å²) in [7, 11) is 0. The van der Waals surface area contributed by atoms with Crippen LogP contribution in [0.25, 0.3) is 0 Å². The average molecular weight is 285 g/mol. The Bertz CT molecular complexity index is 299. The van der Waals surface area contributed by atoms with Crippen molar-refractivity contribution in [2.75, 3.05) is 24.7 Å². The van der Waals surface area contributed by atoms with Crippen molar-refractivity contribution in [2.24, 2.45) is 0 Å². The standard InChI is InChI=1S/C15H27NO2S/c17-14(5-2-1-3-6-14)11-16-13-4-8-18-15(10-13)7-9-19-12-15/h13,16-17H,1-12H2. The van der Waals surface area contributed by atoms with Crippen LogP contribution in [0.3, 0.4) is 0 Å². The third-order valence-electron chi connectivity index (χ3n) is 5.06. The third kappa shape index (κ3) is 3.46. The molecule has 3 fully saturated rings. The maximum absolute atomic E-state index is 10.6. The number of nitrogens with one attached hydrogen (secondary N) is 1. The Hall–Kier alpha value is 0.230. The average Bonchev–Trinajstić information content (AvgIpc) is 2.86. The van der Waals surface area contributed by atoms with Crippen molar-refractivity contribution in [3.05, 3.63) is 0 Å². The first-order chi connectivity index (χ1) is 9.20. The van der Waals surface area contributed by atoms with Crippen LogP contribution in [0, 0.1) is 0 Å². The number of hydrogen-bond donors (Lipinski definition) is 2. The highest BCUT2D eigenvalue weighted by atomic mass is 32.2. The van der Waals surface area contributed by atoms with Gasteiger partial charge in [0.1, 0.15) is 0 Å². The first-order valence-electron chi connectivity index (χ1n) is 7.87. The molecule has 19 heavy (non-hydrogen) atoms. The highest BCUT2D eigenvalue weighted by molar-refractivity contribution is 7.99. The van der Waals surface area contributed by atoms with Crippen molar-refractivity contribution in [3.8, 4) is 0 Å². The molecule has 3 aliphatic rings. The van der Waals surface area contributed by atoms with Gasteiger partial charge in [-0.15, -0.1) is 0 Å². The van der Waals surface area contributed by atoms with E-state index >= 15 is 0 Å². The van der Waals surface area contributed by atoms with Crippen molar-refractivity contribution in [1.82, 2.24) is 5.32 Å².